The van der Waals surface area contributed by atoms with Gasteiger partial charge in [0.15, 0.2) is 0 Å². The summed E-state index contributed by atoms with van der Waals surface area (Å²) < 4.78 is 5.88. The molecule has 24 heavy (non-hydrogen) atoms. The van der Waals surface area contributed by atoms with Crippen LogP contribution in [0.1, 0.15) is 36.2 Å². The van der Waals surface area contributed by atoms with Crippen molar-refractivity contribution in [2.45, 2.75) is 25.7 Å². The molecule has 0 atom stereocenters. The molecule has 1 aliphatic carbocycles. The second-order valence-electron chi connectivity index (χ2n) is 6.41. The molecule has 0 saturated carbocycles. The molecule has 1 aliphatic heterocycles. The molecule has 0 spiro atoms. The van der Waals surface area contributed by atoms with E-state index in [1.165, 1.54) is 5.57 Å². The highest BCUT2D eigenvalue weighted by atomic mass is 16.5. The number of piperidine rings is 1. The van der Waals surface area contributed by atoms with Crippen LogP contribution >= 0.6 is 0 Å². The van der Waals surface area contributed by atoms with Crippen molar-refractivity contribution in [3.05, 3.63) is 47.8 Å². The van der Waals surface area contributed by atoms with E-state index >= 15 is 0 Å². The molecule has 1 aromatic rings. The SMILES string of the molecule is O=C(O)c1ccc(N2CCC(COCC3=CCCC=C3)CC2)cn1. The first-order valence-electron chi connectivity index (χ1n) is 8.60. The van der Waals surface area contributed by atoms with Crippen LogP contribution in [0.4, 0.5) is 5.69 Å². The Hall–Kier alpha value is -2.14. The highest BCUT2D eigenvalue weighted by molar-refractivity contribution is 5.85. The van der Waals surface area contributed by atoms with Gasteiger partial charge < -0.3 is 14.7 Å². The Bertz CT molecular complexity index is 614. The van der Waals surface area contributed by atoms with Gasteiger partial charge in [-0.15, -0.1) is 0 Å². The van der Waals surface area contributed by atoms with E-state index in [0.717, 1.165) is 57.7 Å². The van der Waals surface area contributed by atoms with Gasteiger partial charge in [0.1, 0.15) is 5.69 Å². The first-order chi connectivity index (χ1) is 11.7. The number of anilines is 1. The molecule has 0 bridgehead atoms. The fourth-order valence-corrected chi connectivity index (χ4v) is 3.18. The van der Waals surface area contributed by atoms with E-state index in [9.17, 15) is 4.79 Å². The Kier molecular flexibility index (Phi) is 5.64. The van der Waals surface area contributed by atoms with E-state index in [2.05, 4.69) is 28.1 Å². The molecule has 1 aromatic heterocycles. The predicted octanol–water partition coefficient (Wildman–Crippen LogP) is 3.29. The Morgan fingerprint density at radius 1 is 1.29 bits per heavy atom. The highest BCUT2D eigenvalue weighted by Gasteiger charge is 2.20. The molecular weight excluding hydrogens is 304 g/mol. The van der Waals surface area contributed by atoms with Gasteiger partial charge in [0.25, 0.3) is 0 Å². The third-order valence-electron chi connectivity index (χ3n) is 4.64. The van der Waals surface area contributed by atoms with Gasteiger partial charge in [-0.2, -0.15) is 0 Å². The van der Waals surface area contributed by atoms with E-state index in [1.807, 2.05) is 6.07 Å². The average molecular weight is 328 g/mol. The Morgan fingerprint density at radius 2 is 2.12 bits per heavy atom. The third-order valence-corrected chi connectivity index (χ3v) is 4.64. The minimum atomic E-state index is -0.986. The van der Waals surface area contributed by atoms with Crippen LogP contribution in [-0.2, 0) is 4.74 Å². The van der Waals surface area contributed by atoms with Crippen molar-refractivity contribution in [3.63, 3.8) is 0 Å². The van der Waals surface area contributed by atoms with Crippen molar-refractivity contribution in [1.29, 1.82) is 0 Å². The first kappa shape index (κ1) is 16.7. The van der Waals surface area contributed by atoms with Gasteiger partial charge in [0, 0.05) is 19.7 Å². The fourth-order valence-electron chi connectivity index (χ4n) is 3.18. The Morgan fingerprint density at radius 3 is 2.75 bits per heavy atom. The number of aromatic nitrogens is 1. The number of hydrogen-bond acceptors (Lipinski definition) is 4. The van der Waals surface area contributed by atoms with Gasteiger partial charge in [-0.25, -0.2) is 9.78 Å². The van der Waals surface area contributed by atoms with E-state index in [4.69, 9.17) is 9.84 Å². The largest absolute Gasteiger partial charge is 0.477 e. The zero-order valence-electron chi connectivity index (χ0n) is 13.9. The summed E-state index contributed by atoms with van der Waals surface area (Å²) in [5.41, 5.74) is 2.38. The Labute approximate surface area is 142 Å². The number of rotatable bonds is 6. The van der Waals surface area contributed by atoms with Crippen LogP contribution in [0.5, 0.6) is 0 Å². The van der Waals surface area contributed by atoms with Crippen molar-refractivity contribution in [2.75, 3.05) is 31.2 Å². The molecule has 1 N–H and O–H groups in total. The first-order valence-corrected chi connectivity index (χ1v) is 8.60. The normalized spacial score (nSPS) is 18.5. The van der Waals surface area contributed by atoms with Crippen molar-refractivity contribution >= 4 is 11.7 Å². The number of carboxylic acid groups (broad SMARTS) is 1. The van der Waals surface area contributed by atoms with Gasteiger partial charge >= 0.3 is 5.97 Å². The van der Waals surface area contributed by atoms with Gasteiger partial charge in [0.05, 0.1) is 18.5 Å². The predicted molar refractivity (Wildman–Crippen MR) is 93.4 cm³/mol. The van der Waals surface area contributed by atoms with E-state index < -0.39 is 5.97 Å². The quantitative estimate of drug-likeness (QED) is 0.868. The third kappa shape index (κ3) is 4.45. The van der Waals surface area contributed by atoms with Gasteiger partial charge in [0.2, 0.25) is 0 Å². The van der Waals surface area contributed by atoms with Crippen LogP contribution in [-0.4, -0.2) is 42.4 Å². The molecular formula is C19H24N2O3. The maximum atomic E-state index is 10.8. The van der Waals surface area contributed by atoms with E-state index in [1.54, 1.807) is 12.3 Å². The fraction of sp³-hybridized carbons (Fsp3) is 0.474. The molecule has 5 nitrogen and oxygen atoms in total. The number of pyridine rings is 1. The van der Waals surface area contributed by atoms with Crippen LogP contribution in [0.15, 0.2) is 42.1 Å². The molecule has 1 saturated heterocycles. The summed E-state index contributed by atoms with van der Waals surface area (Å²) in [5.74, 6) is -0.388. The van der Waals surface area contributed by atoms with Gasteiger partial charge in [-0.05, 0) is 49.3 Å². The van der Waals surface area contributed by atoms with Crippen LogP contribution in [0.25, 0.3) is 0 Å². The molecule has 2 aliphatic rings. The molecule has 0 unspecified atom stereocenters. The minimum Gasteiger partial charge on any atom is -0.477 e. The van der Waals surface area contributed by atoms with Gasteiger partial charge in [-0.3, -0.25) is 0 Å². The van der Waals surface area contributed by atoms with Crippen molar-refractivity contribution in [1.82, 2.24) is 4.98 Å². The maximum absolute atomic E-state index is 10.8. The van der Waals surface area contributed by atoms with E-state index in [-0.39, 0.29) is 5.69 Å². The molecule has 0 amide bonds. The topological polar surface area (TPSA) is 62.7 Å². The van der Waals surface area contributed by atoms with Crippen LogP contribution < -0.4 is 4.90 Å². The number of hydrogen-bond donors (Lipinski definition) is 1. The number of aromatic carboxylic acids is 1. The second-order valence-corrected chi connectivity index (χ2v) is 6.41. The smallest absolute Gasteiger partial charge is 0.354 e. The molecule has 128 valence electrons. The summed E-state index contributed by atoms with van der Waals surface area (Å²) in [6.45, 7) is 3.46. The summed E-state index contributed by atoms with van der Waals surface area (Å²) in [7, 11) is 0. The average Bonchev–Trinajstić information content (AvgIpc) is 2.63. The number of allylic oxidation sites excluding steroid dienone is 2. The highest BCUT2D eigenvalue weighted by Crippen LogP contribution is 2.23. The molecule has 2 heterocycles. The zero-order valence-corrected chi connectivity index (χ0v) is 13.9. The summed E-state index contributed by atoms with van der Waals surface area (Å²) >= 11 is 0. The number of carbonyl (C=O) groups is 1. The molecule has 3 rings (SSSR count). The minimum absolute atomic E-state index is 0.0908. The zero-order chi connectivity index (χ0) is 16.8. The lowest BCUT2D eigenvalue weighted by atomic mass is 9.97. The summed E-state index contributed by atoms with van der Waals surface area (Å²) in [4.78, 5) is 17.1. The summed E-state index contributed by atoms with van der Waals surface area (Å²) in [6.07, 6.45) is 12.7. The standard InChI is InChI=1S/C19H24N2O3/c22-19(23)18-7-6-17(12-20-18)21-10-8-16(9-11-21)14-24-13-15-4-2-1-3-5-15/h2,4-7,12,16H,1,3,8-11,13-14H2,(H,22,23). The van der Waals surface area contributed by atoms with Crippen LogP contribution in [0.3, 0.4) is 0 Å². The monoisotopic (exact) mass is 328 g/mol. The van der Waals surface area contributed by atoms with Crippen molar-refractivity contribution < 1.29 is 14.6 Å². The van der Waals surface area contributed by atoms with Crippen molar-refractivity contribution in [3.8, 4) is 0 Å². The number of ether oxygens (including phenoxy) is 1. The van der Waals surface area contributed by atoms with E-state index in [0.29, 0.717) is 5.92 Å². The lowest BCUT2D eigenvalue weighted by molar-refractivity contribution is 0.0690. The number of carboxylic acids is 1. The van der Waals surface area contributed by atoms with Crippen LogP contribution in [0.2, 0.25) is 0 Å². The van der Waals surface area contributed by atoms with Gasteiger partial charge in [-0.1, -0.05) is 18.2 Å². The lowest BCUT2D eigenvalue weighted by Crippen LogP contribution is -2.35. The number of nitrogens with zero attached hydrogens (tertiary/aromatic N) is 2. The Balaban J connectivity index is 1.41. The molecule has 5 heteroatoms. The lowest BCUT2D eigenvalue weighted by Gasteiger charge is -2.33. The molecule has 1 fully saturated rings. The molecule has 0 radical (unpaired) electrons. The van der Waals surface area contributed by atoms with Crippen LogP contribution in [0, 0.1) is 5.92 Å². The maximum Gasteiger partial charge on any atom is 0.354 e. The summed E-state index contributed by atoms with van der Waals surface area (Å²) in [6, 6.07) is 3.41. The molecule has 0 aromatic carbocycles. The second kappa shape index (κ2) is 8.11. The summed E-state index contributed by atoms with van der Waals surface area (Å²) in [5, 5.41) is 8.90. The van der Waals surface area contributed by atoms with Crippen molar-refractivity contribution in [2.24, 2.45) is 5.92 Å².